The minimum atomic E-state index is -3.86. The Hall–Kier alpha value is -3.82. The lowest BCUT2D eigenvalue weighted by atomic mass is 10.1. The van der Waals surface area contributed by atoms with Crippen LogP contribution in [0.25, 0.3) is 10.9 Å². The molecule has 1 aliphatic rings. The molecular formula is C29H32N4O4S. The maximum Gasteiger partial charge on any atom is 0.268 e. The molecule has 1 aliphatic heterocycles. The standard InChI is InChI=1S/C29H32N4O4S/c30-26-7-2-3-8-27(26)31-29(34)22-9-12-25(13-10-22)38(35,36)33-19-15-23-21-24(11-14-28(23)33)37-20-6-18-32-16-4-1-5-17-32/h2-3,7-15,19,21H,1,4-6,16-18,20,30H2,(H,31,34). The molecule has 0 atom stereocenters. The third-order valence-corrected chi connectivity index (χ3v) is 8.55. The molecular weight excluding hydrogens is 500 g/mol. The van der Waals surface area contributed by atoms with Crippen molar-refractivity contribution >= 4 is 38.2 Å². The van der Waals surface area contributed by atoms with Gasteiger partial charge in [-0.05, 0) is 93.0 Å². The fourth-order valence-electron chi connectivity index (χ4n) is 4.75. The van der Waals surface area contributed by atoms with Crippen LogP contribution in [0, 0.1) is 0 Å². The number of anilines is 2. The summed E-state index contributed by atoms with van der Waals surface area (Å²) in [5.41, 5.74) is 7.72. The molecule has 5 rings (SSSR count). The monoisotopic (exact) mass is 532 g/mol. The number of para-hydroxylation sites is 2. The molecule has 0 saturated carbocycles. The average Bonchev–Trinajstić information content (AvgIpc) is 3.37. The Labute approximate surface area is 223 Å². The largest absolute Gasteiger partial charge is 0.494 e. The number of fused-ring (bicyclic) bond motifs is 1. The van der Waals surface area contributed by atoms with Crippen LogP contribution in [0.5, 0.6) is 5.75 Å². The third kappa shape index (κ3) is 5.69. The van der Waals surface area contributed by atoms with E-state index in [1.54, 1.807) is 48.7 Å². The summed E-state index contributed by atoms with van der Waals surface area (Å²) in [6, 6.07) is 20.0. The van der Waals surface area contributed by atoms with E-state index in [1.807, 2.05) is 6.07 Å². The topological polar surface area (TPSA) is 107 Å². The molecule has 3 N–H and O–H groups in total. The fourth-order valence-corrected chi connectivity index (χ4v) is 6.11. The summed E-state index contributed by atoms with van der Waals surface area (Å²) >= 11 is 0. The number of carbonyl (C=O) groups excluding carboxylic acids is 1. The molecule has 1 saturated heterocycles. The van der Waals surface area contributed by atoms with Crippen molar-refractivity contribution in [3.63, 3.8) is 0 Å². The number of hydrogen-bond acceptors (Lipinski definition) is 6. The normalized spacial score (nSPS) is 14.4. The van der Waals surface area contributed by atoms with E-state index in [4.69, 9.17) is 10.5 Å². The molecule has 1 amide bonds. The summed E-state index contributed by atoms with van der Waals surface area (Å²) in [5.74, 6) is 0.349. The van der Waals surface area contributed by atoms with Crippen molar-refractivity contribution in [2.24, 2.45) is 0 Å². The van der Waals surface area contributed by atoms with Crippen LogP contribution in [-0.4, -0.2) is 49.4 Å². The summed E-state index contributed by atoms with van der Waals surface area (Å²) in [6.45, 7) is 4.01. The number of likely N-dealkylation sites (tertiary alicyclic amines) is 1. The van der Waals surface area contributed by atoms with Gasteiger partial charge in [0.2, 0.25) is 0 Å². The first kappa shape index (κ1) is 25.8. The zero-order valence-electron chi connectivity index (χ0n) is 21.2. The minimum Gasteiger partial charge on any atom is -0.494 e. The van der Waals surface area contributed by atoms with Gasteiger partial charge in [-0.1, -0.05) is 18.6 Å². The molecule has 38 heavy (non-hydrogen) atoms. The van der Waals surface area contributed by atoms with Gasteiger partial charge in [-0.3, -0.25) is 4.79 Å². The van der Waals surface area contributed by atoms with Crippen molar-refractivity contribution in [2.75, 3.05) is 37.3 Å². The second kappa shape index (κ2) is 11.3. The molecule has 1 aromatic heterocycles. The van der Waals surface area contributed by atoms with Gasteiger partial charge >= 0.3 is 0 Å². The number of aromatic nitrogens is 1. The number of benzene rings is 3. The second-order valence-electron chi connectivity index (χ2n) is 9.51. The average molecular weight is 533 g/mol. The van der Waals surface area contributed by atoms with Crippen LogP contribution in [-0.2, 0) is 10.0 Å². The second-order valence-corrected chi connectivity index (χ2v) is 11.3. The Morgan fingerprint density at radius 1 is 0.947 bits per heavy atom. The fraction of sp³-hybridized carbons (Fsp3) is 0.276. The van der Waals surface area contributed by atoms with Gasteiger partial charge in [0.1, 0.15) is 5.75 Å². The highest BCUT2D eigenvalue weighted by atomic mass is 32.2. The molecule has 4 aromatic rings. The first-order valence-electron chi connectivity index (χ1n) is 12.9. The SMILES string of the molecule is Nc1ccccc1NC(=O)c1ccc(S(=O)(=O)n2ccc3cc(OCCCN4CCCCC4)ccc32)cc1. The van der Waals surface area contributed by atoms with Gasteiger partial charge in [0.05, 0.1) is 28.4 Å². The number of amides is 1. The lowest BCUT2D eigenvalue weighted by molar-refractivity contribution is 0.102. The number of piperidine rings is 1. The minimum absolute atomic E-state index is 0.0869. The molecule has 0 radical (unpaired) electrons. The van der Waals surface area contributed by atoms with Crippen LogP contribution in [0.2, 0.25) is 0 Å². The Balaban J connectivity index is 1.25. The first-order valence-corrected chi connectivity index (χ1v) is 14.3. The van der Waals surface area contributed by atoms with Crippen molar-refractivity contribution in [1.82, 2.24) is 8.87 Å². The Morgan fingerprint density at radius 3 is 2.47 bits per heavy atom. The van der Waals surface area contributed by atoms with Crippen LogP contribution in [0.15, 0.2) is 83.9 Å². The molecule has 8 nitrogen and oxygen atoms in total. The van der Waals surface area contributed by atoms with E-state index in [9.17, 15) is 13.2 Å². The summed E-state index contributed by atoms with van der Waals surface area (Å²) < 4.78 is 34.0. The summed E-state index contributed by atoms with van der Waals surface area (Å²) in [6.07, 6.45) is 6.38. The van der Waals surface area contributed by atoms with E-state index >= 15 is 0 Å². The number of nitrogen functional groups attached to an aromatic ring is 1. The quantitative estimate of drug-likeness (QED) is 0.233. The van der Waals surface area contributed by atoms with E-state index in [-0.39, 0.29) is 10.8 Å². The van der Waals surface area contributed by atoms with Gasteiger partial charge < -0.3 is 20.7 Å². The number of carbonyl (C=O) groups is 1. The van der Waals surface area contributed by atoms with Crippen molar-refractivity contribution in [3.05, 3.63) is 84.6 Å². The van der Waals surface area contributed by atoms with Crippen LogP contribution >= 0.6 is 0 Å². The van der Waals surface area contributed by atoms with E-state index in [2.05, 4.69) is 10.2 Å². The van der Waals surface area contributed by atoms with E-state index in [0.29, 0.717) is 29.1 Å². The van der Waals surface area contributed by atoms with Crippen molar-refractivity contribution in [1.29, 1.82) is 0 Å². The van der Waals surface area contributed by atoms with Gasteiger partial charge in [0.25, 0.3) is 15.9 Å². The predicted octanol–water partition coefficient (Wildman–Crippen LogP) is 4.97. The zero-order chi connectivity index (χ0) is 26.5. The van der Waals surface area contributed by atoms with Crippen molar-refractivity contribution in [3.8, 4) is 5.75 Å². The molecule has 1 fully saturated rings. The lowest BCUT2D eigenvalue weighted by Gasteiger charge is -2.26. The Bertz CT molecular complexity index is 1520. The van der Waals surface area contributed by atoms with Gasteiger partial charge in [0.15, 0.2) is 0 Å². The number of nitrogens with one attached hydrogen (secondary N) is 1. The molecule has 0 unspecified atom stereocenters. The highest BCUT2D eigenvalue weighted by Crippen LogP contribution is 2.26. The Kier molecular flexibility index (Phi) is 7.67. The van der Waals surface area contributed by atoms with Crippen LogP contribution in [0.3, 0.4) is 0 Å². The molecule has 9 heteroatoms. The van der Waals surface area contributed by atoms with Gasteiger partial charge in [-0.15, -0.1) is 0 Å². The molecule has 0 spiro atoms. The van der Waals surface area contributed by atoms with E-state index in [1.165, 1.54) is 60.6 Å². The first-order chi connectivity index (χ1) is 18.4. The maximum absolute atomic E-state index is 13.4. The number of ether oxygens (including phenoxy) is 1. The highest BCUT2D eigenvalue weighted by molar-refractivity contribution is 7.90. The van der Waals surface area contributed by atoms with Gasteiger partial charge in [0, 0.05) is 23.7 Å². The number of nitrogens with zero attached hydrogens (tertiary/aromatic N) is 2. The van der Waals surface area contributed by atoms with Crippen LogP contribution < -0.4 is 15.8 Å². The predicted molar refractivity (Wildman–Crippen MR) is 150 cm³/mol. The van der Waals surface area contributed by atoms with Crippen molar-refractivity contribution < 1.29 is 17.9 Å². The molecule has 3 aromatic carbocycles. The van der Waals surface area contributed by atoms with E-state index < -0.39 is 10.0 Å². The molecule has 0 bridgehead atoms. The molecule has 0 aliphatic carbocycles. The van der Waals surface area contributed by atoms with Crippen LogP contribution in [0.4, 0.5) is 11.4 Å². The lowest BCUT2D eigenvalue weighted by Crippen LogP contribution is -2.31. The highest BCUT2D eigenvalue weighted by Gasteiger charge is 2.20. The zero-order valence-corrected chi connectivity index (χ0v) is 22.0. The van der Waals surface area contributed by atoms with Gasteiger partial charge in [-0.2, -0.15) is 0 Å². The number of rotatable bonds is 9. The maximum atomic E-state index is 13.4. The summed E-state index contributed by atoms with van der Waals surface area (Å²) in [7, 11) is -3.86. The Morgan fingerprint density at radius 2 is 1.71 bits per heavy atom. The number of hydrogen-bond donors (Lipinski definition) is 2. The van der Waals surface area contributed by atoms with Crippen LogP contribution in [0.1, 0.15) is 36.0 Å². The smallest absolute Gasteiger partial charge is 0.268 e. The number of nitrogens with two attached hydrogens (primary N) is 1. The third-order valence-electron chi connectivity index (χ3n) is 6.84. The molecule has 2 heterocycles. The van der Waals surface area contributed by atoms with E-state index in [0.717, 1.165) is 24.1 Å². The molecule has 198 valence electrons. The summed E-state index contributed by atoms with van der Waals surface area (Å²) in [5, 5.41) is 3.52. The van der Waals surface area contributed by atoms with Crippen molar-refractivity contribution in [2.45, 2.75) is 30.6 Å². The van der Waals surface area contributed by atoms with Gasteiger partial charge in [-0.25, -0.2) is 12.4 Å². The summed E-state index contributed by atoms with van der Waals surface area (Å²) in [4.78, 5) is 15.2.